The summed E-state index contributed by atoms with van der Waals surface area (Å²) in [6, 6.07) is 7.15. The van der Waals surface area contributed by atoms with Crippen molar-refractivity contribution in [3.05, 3.63) is 52.4 Å². The Morgan fingerprint density at radius 3 is 2.71 bits per heavy atom. The van der Waals surface area contributed by atoms with Gasteiger partial charge in [0.1, 0.15) is 16.5 Å². The molecule has 0 saturated heterocycles. The first-order valence-corrected chi connectivity index (χ1v) is 7.84. The molecule has 0 spiro atoms. The van der Waals surface area contributed by atoms with Crippen LogP contribution in [0.1, 0.15) is 11.3 Å². The zero-order valence-corrected chi connectivity index (χ0v) is 12.7. The molecule has 2 aromatic rings. The second kappa shape index (κ2) is 5.97. The molecule has 0 radical (unpaired) electrons. The van der Waals surface area contributed by atoms with E-state index in [-0.39, 0.29) is 22.9 Å². The zero-order chi connectivity index (χ0) is 15.6. The number of aryl methyl sites for hydroxylation is 1. The lowest BCUT2D eigenvalue weighted by Crippen LogP contribution is -2.17. The summed E-state index contributed by atoms with van der Waals surface area (Å²) in [7, 11) is -4.14. The van der Waals surface area contributed by atoms with Gasteiger partial charge in [-0.15, -0.1) is 0 Å². The van der Waals surface area contributed by atoms with Crippen molar-refractivity contribution in [2.45, 2.75) is 18.4 Å². The van der Waals surface area contributed by atoms with E-state index in [4.69, 9.17) is 17.3 Å². The number of sulfonamides is 1. The Kier molecular flexibility index (Phi) is 4.46. The highest BCUT2D eigenvalue weighted by atomic mass is 35.5. The molecule has 1 aromatic heterocycles. The molecule has 1 heterocycles. The summed E-state index contributed by atoms with van der Waals surface area (Å²) in [6.07, 6.45) is 0. The van der Waals surface area contributed by atoms with Crippen LogP contribution in [0.15, 0.2) is 35.2 Å². The number of nitrogens with two attached hydrogens (primary N) is 1. The van der Waals surface area contributed by atoms with Crippen molar-refractivity contribution in [1.29, 1.82) is 0 Å². The molecule has 8 heteroatoms. The van der Waals surface area contributed by atoms with Crippen LogP contribution in [0.25, 0.3) is 0 Å². The normalized spacial score (nSPS) is 11.4. The summed E-state index contributed by atoms with van der Waals surface area (Å²) in [6.45, 7) is 1.56. The molecule has 0 aliphatic carbocycles. The standard InChI is InChI=1S/C13H13ClFN3O2S/c1-8-3-2-4-12(17-8)18-21(19,20)11-6-10(14)5-9(7-16)13(11)15/h2-6H,7,16H2,1H3,(H,17,18). The minimum absolute atomic E-state index is 0.0278. The van der Waals surface area contributed by atoms with Crippen LogP contribution in [0.4, 0.5) is 10.2 Å². The van der Waals surface area contributed by atoms with Gasteiger partial charge in [-0.25, -0.2) is 17.8 Å². The quantitative estimate of drug-likeness (QED) is 0.902. The van der Waals surface area contributed by atoms with Crippen molar-refractivity contribution in [2.24, 2.45) is 5.73 Å². The van der Waals surface area contributed by atoms with Gasteiger partial charge in [0.25, 0.3) is 10.0 Å². The van der Waals surface area contributed by atoms with Crippen LogP contribution in [-0.4, -0.2) is 13.4 Å². The van der Waals surface area contributed by atoms with Gasteiger partial charge in [0.05, 0.1) is 0 Å². The van der Waals surface area contributed by atoms with Crippen molar-refractivity contribution in [2.75, 3.05) is 4.72 Å². The van der Waals surface area contributed by atoms with Gasteiger partial charge in [0, 0.05) is 22.8 Å². The molecule has 5 nitrogen and oxygen atoms in total. The van der Waals surface area contributed by atoms with Crippen LogP contribution in [0.2, 0.25) is 5.02 Å². The Morgan fingerprint density at radius 2 is 2.10 bits per heavy atom. The smallest absolute Gasteiger partial charge is 0.266 e. The maximum Gasteiger partial charge on any atom is 0.266 e. The van der Waals surface area contributed by atoms with E-state index in [1.54, 1.807) is 19.1 Å². The van der Waals surface area contributed by atoms with Crippen molar-refractivity contribution in [1.82, 2.24) is 4.98 Å². The number of halogens is 2. The third-order valence-corrected chi connectivity index (χ3v) is 4.29. The van der Waals surface area contributed by atoms with Crippen molar-refractivity contribution in [3.8, 4) is 0 Å². The lowest BCUT2D eigenvalue weighted by Gasteiger charge is -2.11. The van der Waals surface area contributed by atoms with Gasteiger partial charge in [-0.2, -0.15) is 0 Å². The Labute approximate surface area is 127 Å². The summed E-state index contributed by atoms with van der Waals surface area (Å²) in [5.41, 5.74) is 6.03. The largest absolute Gasteiger partial charge is 0.326 e. The van der Waals surface area contributed by atoms with Crippen LogP contribution >= 0.6 is 11.6 Å². The van der Waals surface area contributed by atoms with Crippen LogP contribution < -0.4 is 10.5 Å². The molecule has 0 bridgehead atoms. The predicted molar refractivity (Wildman–Crippen MR) is 79.1 cm³/mol. The minimum Gasteiger partial charge on any atom is -0.326 e. The molecule has 0 fully saturated rings. The Morgan fingerprint density at radius 1 is 1.38 bits per heavy atom. The van der Waals surface area contributed by atoms with Crippen LogP contribution in [0.3, 0.4) is 0 Å². The first kappa shape index (κ1) is 15.7. The van der Waals surface area contributed by atoms with E-state index in [0.29, 0.717) is 5.69 Å². The monoisotopic (exact) mass is 329 g/mol. The van der Waals surface area contributed by atoms with E-state index in [9.17, 15) is 12.8 Å². The number of hydrogen-bond donors (Lipinski definition) is 2. The highest BCUT2D eigenvalue weighted by Crippen LogP contribution is 2.25. The first-order chi connectivity index (χ1) is 9.83. The van der Waals surface area contributed by atoms with Gasteiger partial charge in [0.2, 0.25) is 0 Å². The maximum absolute atomic E-state index is 14.2. The average Bonchev–Trinajstić information content (AvgIpc) is 2.40. The molecule has 0 amide bonds. The molecule has 0 saturated carbocycles. The third kappa shape index (κ3) is 3.49. The molecule has 21 heavy (non-hydrogen) atoms. The molecule has 3 N–H and O–H groups in total. The van der Waals surface area contributed by atoms with Gasteiger partial charge < -0.3 is 5.73 Å². The van der Waals surface area contributed by atoms with E-state index < -0.39 is 20.7 Å². The number of nitrogens with zero attached hydrogens (tertiary/aromatic N) is 1. The molecule has 2 rings (SSSR count). The Bertz CT molecular complexity index is 781. The average molecular weight is 330 g/mol. The number of aromatic nitrogens is 1. The van der Waals surface area contributed by atoms with Crippen molar-refractivity contribution in [3.63, 3.8) is 0 Å². The summed E-state index contributed by atoms with van der Waals surface area (Å²) < 4.78 is 40.9. The SMILES string of the molecule is Cc1cccc(NS(=O)(=O)c2cc(Cl)cc(CN)c2F)n1. The van der Waals surface area contributed by atoms with E-state index in [1.807, 2.05) is 0 Å². The fourth-order valence-electron chi connectivity index (χ4n) is 1.75. The highest BCUT2D eigenvalue weighted by molar-refractivity contribution is 7.92. The molecule has 112 valence electrons. The molecule has 0 unspecified atom stereocenters. The van der Waals surface area contributed by atoms with Gasteiger partial charge in [-0.05, 0) is 31.2 Å². The summed E-state index contributed by atoms with van der Waals surface area (Å²) in [5, 5.41) is 0.0921. The third-order valence-electron chi connectivity index (χ3n) is 2.72. The molecular weight excluding hydrogens is 317 g/mol. The van der Waals surface area contributed by atoms with Crippen LogP contribution in [-0.2, 0) is 16.6 Å². The summed E-state index contributed by atoms with van der Waals surface area (Å²) in [4.78, 5) is 3.45. The molecule has 0 aliphatic heterocycles. The molecule has 1 aromatic carbocycles. The summed E-state index contributed by atoms with van der Waals surface area (Å²) in [5.74, 6) is -0.814. The minimum atomic E-state index is -4.14. The maximum atomic E-state index is 14.2. The molecular formula is C13H13ClFN3O2S. The number of nitrogens with one attached hydrogen (secondary N) is 1. The lowest BCUT2D eigenvalue weighted by molar-refractivity contribution is 0.561. The molecule has 0 atom stereocenters. The van der Waals surface area contributed by atoms with Crippen LogP contribution in [0.5, 0.6) is 0 Å². The van der Waals surface area contributed by atoms with Gasteiger partial charge >= 0.3 is 0 Å². The molecule has 0 aliphatic rings. The number of pyridine rings is 1. The fraction of sp³-hybridized carbons (Fsp3) is 0.154. The van der Waals surface area contributed by atoms with Gasteiger partial charge in [-0.1, -0.05) is 17.7 Å². The van der Waals surface area contributed by atoms with Gasteiger partial charge in [-0.3, -0.25) is 4.72 Å². The Hall–Kier alpha value is -1.70. The number of anilines is 1. The summed E-state index contributed by atoms with van der Waals surface area (Å²) >= 11 is 5.80. The fourth-order valence-corrected chi connectivity index (χ4v) is 3.21. The van der Waals surface area contributed by atoms with E-state index >= 15 is 0 Å². The van der Waals surface area contributed by atoms with Crippen molar-refractivity contribution < 1.29 is 12.8 Å². The number of benzene rings is 1. The number of hydrogen-bond acceptors (Lipinski definition) is 4. The van der Waals surface area contributed by atoms with Gasteiger partial charge in [0.15, 0.2) is 0 Å². The van der Waals surface area contributed by atoms with E-state index in [0.717, 1.165) is 6.07 Å². The second-order valence-electron chi connectivity index (χ2n) is 4.35. The second-order valence-corrected chi connectivity index (χ2v) is 6.44. The van der Waals surface area contributed by atoms with E-state index in [2.05, 4.69) is 9.71 Å². The highest BCUT2D eigenvalue weighted by Gasteiger charge is 2.22. The Balaban J connectivity index is 2.47. The lowest BCUT2D eigenvalue weighted by atomic mass is 10.2. The topological polar surface area (TPSA) is 85.1 Å². The van der Waals surface area contributed by atoms with Crippen molar-refractivity contribution >= 4 is 27.4 Å². The predicted octanol–water partition coefficient (Wildman–Crippen LogP) is 2.44. The first-order valence-electron chi connectivity index (χ1n) is 5.98. The zero-order valence-electron chi connectivity index (χ0n) is 11.1. The van der Waals surface area contributed by atoms with Crippen LogP contribution in [0, 0.1) is 12.7 Å². The number of rotatable bonds is 4. The van der Waals surface area contributed by atoms with E-state index in [1.165, 1.54) is 12.1 Å².